The molecule has 1 rings (SSSR count). The molecule has 0 aromatic heterocycles. The van der Waals surface area contributed by atoms with E-state index in [9.17, 15) is 0 Å². The summed E-state index contributed by atoms with van der Waals surface area (Å²) in [6, 6.07) is 6.71. The summed E-state index contributed by atoms with van der Waals surface area (Å²) in [5.41, 5.74) is 0.884. The first-order chi connectivity index (χ1) is 4.83. The predicted octanol–water partition coefficient (Wildman–Crippen LogP) is 2.10. The van der Waals surface area contributed by atoms with Gasteiger partial charge in [-0.25, -0.2) is 0 Å². The molecule has 10 heavy (non-hydrogen) atoms. The van der Waals surface area contributed by atoms with Crippen LogP contribution in [0.2, 0.25) is 0 Å². The first kappa shape index (κ1) is 7.17. The Labute approximate surface area is 67.8 Å². The van der Waals surface area contributed by atoms with E-state index in [4.69, 9.17) is 5.11 Å². The van der Waals surface area contributed by atoms with Crippen molar-refractivity contribution in [3.8, 4) is 16.5 Å². The van der Waals surface area contributed by atoms with Crippen molar-refractivity contribution in [2.45, 2.75) is 0 Å². The summed E-state index contributed by atoms with van der Waals surface area (Å²) < 4.78 is 0. The molecule has 50 valence electrons. The summed E-state index contributed by atoms with van der Waals surface area (Å²) in [6.45, 7) is 0. The summed E-state index contributed by atoms with van der Waals surface area (Å²) in [5, 5.41) is 8.86. The molecule has 0 aliphatic heterocycles. The molecule has 0 amide bonds. The van der Waals surface area contributed by atoms with Gasteiger partial charge in [-0.3, -0.25) is 0 Å². The average Bonchev–Trinajstić information content (AvgIpc) is 1.95. The third kappa shape index (κ3) is 1.78. The molecule has 0 aliphatic rings. The molecular formula is C8H5BrO. The standard InChI is InChI=1S/C8H5BrO/c9-6-5-7-1-3-8(10)4-2-7/h1-4,10H. The normalized spacial score (nSPS) is 8.10. The van der Waals surface area contributed by atoms with Crippen LogP contribution in [0.25, 0.3) is 0 Å². The van der Waals surface area contributed by atoms with Gasteiger partial charge >= 0.3 is 0 Å². The Hall–Kier alpha value is -0.940. The van der Waals surface area contributed by atoms with E-state index in [1.54, 1.807) is 24.3 Å². The van der Waals surface area contributed by atoms with Crippen molar-refractivity contribution in [2.24, 2.45) is 0 Å². The fraction of sp³-hybridized carbons (Fsp3) is 0. The third-order valence-corrected chi connectivity index (χ3v) is 1.26. The second kappa shape index (κ2) is 3.28. The average molecular weight is 197 g/mol. The van der Waals surface area contributed by atoms with Gasteiger partial charge in [-0.05, 0) is 29.1 Å². The number of halogens is 1. The maximum absolute atomic E-state index is 8.86. The molecule has 0 radical (unpaired) electrons. The van der Waals surface area contributed by atoms with Crippen LogP contribution in [0.5, 0.6) is 5.75 Å². The Bertz CT molecular complexity index is 266. The Morgan fingerprint density at radius 3 is 2.30 bits per heavy atom. The number of phenols is 1. The number of rotatable bonds is 0. The van der Waals surface area contributed by atoms with Gasteiger partial charge in [-0.1, -0.05) is 5.92 Å². The van der Waals surface area contributed by atoms with Gasteiger partial charge in [0.1, 0.15) is 5.75 Å². The van der Waals surface area contributed by atoms with Gasteiger partial charge in [0.05, 0.1) is 0 Å². The van der Waals surface area contributed by atoms with Gasteiger partial charge in [0.15, 0.2) is 0 Å². The highest BCUT2D eigenvalue weighted by atomic mass is 79.9. The topological polar surface area (TPSA) is 20.2 Å². The predicted molar refractivity (Wildman–Crippen MR) is 43.9 cm³/mol. The van der Waals surface area contributed by atoms with Crippen molar-refractivity contribution in [3.05, 3.63) is 29.8 Å². The van der Waals surface area contributed by atoms with E-state index in [1.807, 2.05) is 0 Å². The molecule has 1 aromatic carbocycles. The zero-order valence-corrected chi connectivity index (χ0v) is 6.72. The number of benzene rings is 1. The van der Waals surface area contributed by atoms with Gasteiger partial charge in [0.25, 0.3) is 0 Å². The molecule has 0 bridgehead atoms. The van der Waals surface area contributed by atoms with Crippen molar-refractivity contribution in [1.82, 2.24) is 0 Å². The monoisotopic (exact) mass is 196 g/mol. The summed E-state index contributed by atoms with van der Waals surface area (Å²) in [6.07, 6.45) is 0. The summed E-state index contributed by atoms with van der Waals surface area (Å²) in [4.78, 5) is 2.58. The second-order valence-corrected chi connectivity index (χ2v) is 2.16. The van der Waals surface area contributed by atoms with Crippen molar-refractivity contribution in [3.63, 3.8) is 0 Å². The highest BCUT2D eigenvalue weighted by Crippen LogP contribution is 2.08. The Kier molecular flexibility index (Phi) is 2.35. The lowest BCUT2D eigenvalue weighted by atomic mass is 10.2. The SMILES string of the molecule is Oc1ccc(C#CBr)cc1. The van der Waals surface area contributed by atoms with E-state index < -0.39 is 0 Å². The molecule has 0 spiro atoms. The van der Waals surface area contributed by atoms with Crippen molar-refractivity contribution in [1.29, 1.82) is 0 Å². The fourth-order valence-electron chi connectivity index (χ4n) is 0.599. The zero-order chi connectivity index (χ0) is 7.40. The minimum Gasteiger partial charge on any atom is -0.508 e. The van der Waals surface area contributed by atoms with E-state index in [0.717, 1.165) is 5.56 Å². The van der Waals surface area contributed by atoms with Crippen LogP contribution in [-0.4, -0.2) is 5.11 Å². The molecule has 0 aliphatic carbocycles. The molecule has 0 fully saturated rings. The van der Waals surface area contributed by atoms with Gasteiger partial charge in [0, 0.05) is 21.5 Å². The molecule has 2 heteroatoms. The largest absolute Gasteiger partial charge is 0.508 e. The minimum absolute atomic E-state index is 0.264. The summed E-state index contributed by atoms with van der Waals surface area (Å²) in [7, 11) is 0. The first-order valence-corrected chi connectivity index (χ1v) is 3.53. The van der Waals surface area contributed by atoms with Crippen LogP contribution in [-0.2, 0) is 0 Å². The van der Waals surface area contributed by atoms with Crippen molar-refractivity contribution in [2.75, 3.05) is 0 Å². The maximum atomic E-state index is 8.86. The van der Waals surface area contributed by atoms with Crippen molar-refractivity contribution < 1.29 is 5.11 Å². The van der Waals surface area contributed by atoms with E-state index in [-0.39, 0.29) is 5.75 Å². The lowest BCUT2D eigenvalue weighted by molar-refractivity contribution is 0.475. The molecule has 0 saturated heterocycles. The van der Waals surface area contributed by atoms with E-state index in [2.05, 4.69) is 26.7 Å². The van der Waals surface area contributed by atoms with Crippen LogP contribution in [0.3, 0.4) is 0 Å². The highest BCUT2D eigenvalue weighted by Gasteiger charge is 1.85. The molecule has 0 atom stereocenters. The molecule has 0 heterocycles. The Balaban J connectivity index is 2.97. The minimum atomic E-state index is 0.264. The van der Waals surface area contributed by atoms with Gasteiger partial charge in [0.2, 0.25) is 0 Å². The van der Waals surface area contributed by atoms with Crippen LogP contribution in [0.4, 0.5) is 0 Å². The van der Waals surface area contributed by atoms with Crippen LogP contribution < -0.4 is 0 Å². The lowest BCUT2D eigenvalue weighted by Gasteiger charge is -1.89. The smallest absolute Gasteiger partial charge is 0.115 e. The highest BCUT2D eigenvalue weighted by molar-refractivity contribution is 9.12. The Morgan fingerprint density at radius 2 is 1.80 bits per heavy atom. The van der Waals surface area contributed by atoms with Gasteiger partial charge in [-0.2, -0.15) is 0 Å². The third-order valence-electron chi connectivity index (χ3n) is 1.06. The number of hydrogen-bond acceptors (Lipinski definition) is 1. The van der Waals surface area contributed by atoms with E-state index in [1.165, 1.54) is 0 Å². The summed E-state index contributed by atoms with van der Waals surface area (Å²) >= 11 is 2.98. The quantitative estimate of drug-likeness (QED) is 0.631. The van der Waals surface area contributed by atoms with Gasteiger partial charge in [-0.15, -0.1) is 0 Å². The first-order valence-electron chi connectivity index (χ1n) is 2.73. The molecular weight excluding hydrogens is 192 g/mol. The second-order valence-electron chi connectivity index (χ2n) is 1.77. The van der Waals surface area contributed by atoms with E-state index in [0.29, 0.717) is 0 Å². The molecule has 1 aromatic rings. The number of hydrogen-bond donors (Lipinski definition) is 1. The molecule has 0 unspecified atom stereocenters. The number of phenolic OH excluding ortho intramolecular Hbond substituents is 1. The molecule has 1 nitrogen and oxygen atoms in total. The van der Waals surface area contributed by atoms with Crippen LogP contribution in [0.15, 0.2) is 24.3 Å². The molecule has 1 N–H and O–H groups in total. The number of aromatic hydroxyl groups is 1. The Morgan fingerprint density at radius 1 is 1.20 bits per heavy atom. The molecule has 0 saturated carbocycles. The van der Waals surface area contributed by atoms with E-state index >= 15 is 0 Å². The van der Waals surface area contributed by atoms with Crippen LogP contribution >= 0.6 is 15.9 Å². The lowest BCUT2D eigenvalue weighted by Crippen LogP contribution is -1.69. The zero-order valence-electron chi connectivity index (χ0n) is 5.13. The summed E-state index contributed by atoms with van der Waals surface area (Å²) in [5.74, 6) is 3.05. The van der Waals surface area contributed by atoms with Crippen molar-refractivity contribution >= 4 is 15.9 Å². The van der Waals surface area contributed by atoms with Crippen LogP contribution in [0, 0.1) is 10.8 Å². The van der Waals surface area contributed by atoms with Gasteiger partial charge < -0.3 is 5.11 Å². The fourth-order valence-corrected chi connectivity index (χ4v) is 0.828. The maximum Gasteiger partial charge on any atom is 0.115 e. The van der Waals surface area contributed by atoms with Crippen LogP contribution in [0.1, 0.15) is 5.56 Å².